The monoisotopic (exact) mass is 265 g/mol. The van der Waals surface area contributed by atoms with Gasteiger partial charge in [0.2, 0.25) is 0 Å². The molecule has 1 heterocycles. The van der Waals surface area contributed by atoms with Gasteiger partial charge in [-0.3, -0.25) is 0 Å². The van der Waals surface area contributed by atoms with Crippen molar-refractivity contribution in [3.8, 4) is 11.3 Å². The standard InChI is InChI=1S/C15H11N3O2/c16-14-13(15(19)20)18-12(8-17-14)11-7-3-5-9-4-1-2-6-10(9)11/h1-8H,(H2,16,17)(H,19,20). The summed E-state index contributed by atoms with van der Waals surface area (Å²) >= 11 is 0. The van der Waals surface area contributed by atoms with Gasteiger partial charge in [-0.05, 0) is 10.8 Å². The lowest BCUT2D eigenvalue weighted by molar-refractivity contribution is 0.0691. The van der Waals surface area contributed by atoms with Crippen molar-refractivity contribution >= 4 is 22.6 Å². The number of benzene rings is 2. The molecule has 0 aliphatic carbocycles. The summed E-state index contributed by atoms with van der Waals surface area (Å²) < 4.78 is 0. The van der Waals surface area contributed by atoms with E-state index in [4.69, 9.17) is 10.8 Å². The molecule has 0 radical (unpaired) electrons. The van der Waals surface area contributed by atoms with Crippen molar-refractivity contribution in [1.82, 2.24) is 9.97 Å². The van der Waals surface area contributed by atoms with Crippen LogP contribution in [0.15, 0.2) is 48.7 Å². The number of fused-ring (bicyclic) bond motifs is 1. The van der Waals surface area contributed by atoms with Crippen molar-refractivity contribution in [1.29, 1.82) is 0 Å². The average molecular weight is 265 g/mol. The van der Waals surface area contributed by atoms with Gasteiger partial charge in [-0.15, -0.1) is 0 Å². The highest BCUT2D eigenvalue weighted by Crippen LogP contribution is 2.27. The zero-order chi connectivity index (χ0) is 14.1. The van der Waals surface area contributed by atoms with Crippen molar-refractivity contribution < 1.29 is 9.90 Å². The Morgan fingerprint density at radius 3 is 2.65 bits per heavy atom. The molecule has 98 valence electrons. The van der Waals surface area contributed by atoms with Crippen molar-refractivity contribution in [3.05, 3.63) is 54.4 Å². The van der Waals surface area contributed by atoms with Gasteiger partial charge in [0.05, 0.1) is 11.9 Å². The lowest BCUT2D eigenvalue weighted by Gasteiger charge is -2.07. The summed E-state index contributed by atoms with van der Waals surface area (Å²) in [7, 11) is 0. The predicted octanol–water partition coefficient (Wildman–Crippen LogP) is 2.58. The van der Waals surface area contributed by atoms with Gasteiger partial charge in [-0.25, -0.2) is 14.8 Å². The molecule has 3 N–H and O–H groups in total. The number of nitrogens with two attached hydrogens (primary N) is 1. The average Bonchev–Trinajstić information content (AvgIpc) is 2.47. The minimum absolute atomic E-state index is 0.0820. The van der Waals surface area contributed by atoms with E-state index in [1.807, 2.05) is 42.5 Å². The van der Waals surface area contributed by atoms with Crippen molar-refractivity contribution in [2.75, 3.05) is 5.73 Å². The second kappa shape index (κ2) is 4.62. The highest BCUT2D eigenvalue weighted by molar-refractivity contribution is 5.97. The summed E-state index contributed by atoms with van der Waals surface area (Å²) in [4.78, 5) is 19.1. The predicted molar refractivity (Wildman–Crippen MR) is 76.3 cm³/mol. The maximum Gasteiger partial charge on any atom is 0.358 e. The molecule has 0 spiro atoms. The van der Waals surface area contributed by atoms with E-state index in [2.05, 4.69) is 9.97 Å². The van der Waals surface area contributed by atoms with E-state index < -0.39 is 5.97 Å². The molecule has 20 heavy (non-hydrogen) atoms. The van der Waals surface area contributed by atoms with Crippen LogP contribution in [0.5, 0.6) is 0 Å². The van der Waals surface area contributed by atoms with Gasteiger partial charge in [0.1, 0.15) is 0 Å². The van der Waals surface area contributed by atoms with Crippen molar-refractivity contribution in [2.45, 2.75) is 0 Å². The van der Waals surface area contributed by atoms with Gasteiger partial charge < -0.3 is 10.8 Å². The molecule has 3 rings (SSSR count). The van der Waals surface area contributed by atoms with Crippen LogP contribution in [-0.2, 0) is 0 Å². The number of nitrogen functional groups attached to an aromatic ring is 1. The Hall–Kier alpha value is -2.95. The SMILES string of the molecule is Nc1ncc(-c2cccc3ccccc23)nc1C(=O)O. The second-order valence-electron chi connectivity index (χ2n) is 4.32. The minimum Gasteiger partial charge on any atom is -0.476 e. The minimum atomic E-state index is -1.18. The van der Waals surface area contributed by atoms with Gasteiger partial charge in [0, 0.05) is 5.56 Å². The zero-order valence-corrected chi connectivity index (χ0v) is 10.4. The normalized spacial score (nSPS) is 10.6. The highest BCUT2D eigenvalue weighted by Gasteiger charge is 2.14. The van der Waals surface area contributed by atoms with E-state index in [0.717, 1.165) is 16.3 Å². The third kappa shape index (κ3) is 1.95. The molecule has 2 aromatic carbocycles. The molecule has 0 saturated carbocycles. The Bertz CT molecular complexity index is 810. The first-order chi connectivity index (χ1) is 9.66. The molecule has 0 aliphatic rings. The number of aromatic nitrogens is 2. The van der Waals surface area contributed by atoms with Crippen LogP contribution in [-0.4, -0.2) is 21.0 Å². The maximum absolute atomic E-state index is 11.1. The lowest BCUT2D eigenvalue weighted by atomic mass is 10.0. The second-order valence-corrected chi connectivity index (χ2v) is 4.32. The quantitative estimate of drug-likeness (QED) is 0.743. The van der Waals surface area contributed by atoms with Crippen LogP contribution in [0.25, 0.3) is 22.0 Å². The van der Waals surface area contributed by atoms with E-state index >= 15 is 0 Å². The van der Waals surface area contributed by atoms with Gasteiger partial charge in [-0.2, -0.15) is 0 Å². The summed E-state index contributed by atoms with van der Waals surface area (Å²) in [6, 6.07) is 13.6. The first-order valence-electron chi connectivity index (χ1n) is 6.01. The number of hydrogen-bond acceptors (Lipinski definition) is 4. The molecule has 0 aliphatic heterocycles. The van der Waals surface area contributed by atoms with Crippen LogP contribution >= 0.6 is 0 Å². The number of carboxylic acids is 1. The van der Waals surface area contributed by atoms with Crippen LogP contribution in [0.2, 0.25) is 0 Å². The summed E-state index contributed by atoms with van der Waals surface area (Å²) in [5.41, 5.74) is 6.63. The molecule has 0 atom stereocenters. The zero-order valence-electron chi connectivity index (χ0n) is 10.4. The third-order valence-electron chi connectivity index (χ3n) is 3.07. The fourth-order valence-corrected chi connectivity index (χ4v) is 2.13. The summed E-state index contributed by atoms with van der Waals surface area (Å²) in [6.45, 7) is 0. The van der Waals surface area contributed by atoms with Crippen molar-refractivity contribution in [2.24, 2.45) is 0 Å². The number of rotatable bonds is 2. The number of carbonyl (C=O) groups is 1. The Kier molecular flexibility index (Phi) is 2.80. The Balaban J connectivity index is 2.26. The topological polar surface area (TPSA) is 89.1 Å². The molecule has 0 amide bonds. The van der Waals surface area contributed by atoms with E-state index in [1.54, 1.807) is 0 Å². The molecule has 5 heteroatoms. The number of nitrogens with zero attached hydrogens (tertiary/aromatic N) is 2. The Morgan fingerprint density at radius 1 is 1.10 bits per heavy atom. The van der Waals surface area contributed by atoms with E-state index in [0.29, 0.717) is 5.69 Å². The number of carboxylic acid groups (broad SMARTS) is 1. The smallest absolute Gasteiger partial charge is 0.358 e. The van der Waals surface area contributed by atoms with E-state index in [1.165, 1.54) is 6.20 Å². The van der Waals surface area contributed by atoms with Crippen LogP contribution in [0.4, 0.5) is 5.82 Å². The van der Waals surface area contributed by atoms with Gasteiger partial charge in [0.25, 0.3) is 0 Å². The van der Waals surface area contributed by atoms with Crippen LogP contribution in [0.3, 0.4) is 0 Å². The maximum atomic E-state index is 11.1. The fraction of sp³-hybridized carbons (Fsp3) is 0. The first kappa shape index (κ1) is 12.1. The summed E-state index contributed by atoms with van der Waals surface area (Å²) in [5, 5.41) is 11.1. The number of hydrogen-bond donors (Lipinski definition) is 2. The molecular weight excluding hydrogens is 254 g/mol. The fourth-order valence-electron chi connectivity index (χ4n) is 2.13. The summed E-state index contributed by atoms with van der Waals surface area (Å²) in [5.74, 6) is -1.27. The van der Waals surface area contributed by atoms with Gasteiger partial charge >= 0.3 is 5.97 Å². The van der Waals surface area contributed by atoms with Crippen molar-refractivity contribution in [3.63, 3.8) is 0 Å². The van der Waals surface area contributed by atoms with Gasteiger partial charge in [-0.1, -0.05) is 42.5 Å². The molecular formula is C15H11N3O2. The third-order valence-corrected chi connectivity index (χ3v) is 3.07. The first-order valence-corrected chi connectivity index (χ1v) is 6.01. The molecule has 0 fully saturated rings. The molecule has 5 nitrogen and oxygen atoms in total. The van der Waals surface area contributed by atoms with E-state index in [9.17, 15) is 4.79 Å². The van der Waals surface area contributed by atoms with Gasteiger partial charge in [0.15, 0.2) is 11.5 Å². The van der Waals surface area contributed by atoms with Crippen LogP contribution in [0.1, 0.15) is 10.5 Å². The number of aromatic carboxylic acids is 1. The summed E-state index contributed by atoms with van der Waals surface area (Å²) in [6.07, 6.45) is 1.49. The molecule has 0 bridgehead atoms. The molecule has 1 aromatic heterocycles. The largest absolute Gasteiger partial charge is 0.476 e. The van der Waals surface area contributed by atoms with E-state index in [-0.39, 0.29) is 11.5 Å². The Morgan fingerprint density at radius 2 is 1.85 bits per heavy atom. The molecule has 0 unspecified atom stereocenters. The molecule has 3 aromatic rings. The van der Waals surface area contributed by atoms with Crippen LogP contribution in [0, 0.1) is 0 Å². The Labute approximate surface area is 114 Å². The lowest BCUT2D eigenvalue weighted by Crippen LogP contribution is -2.08. The van der Waals surface area contributed by atoms with Crippen LogP contribution < -0.4 is 5.73 Å². The number of anilines is 1. The molecule has 0 saturated heterocycles. The highest BCUT2D eigenvalue weighted by atomic mass is 16.4.